The molecule has 134 valence electrons. The number of aryl methyl sites for hydroxylation is 2. The second kappa shape index (κ2) is 7.33. The third-order valence-corrected chi connectivity index (χ3v) is 3.34. The average molecular weight is 345 g/mol. The van der Waals surface area contributed by atoms with Crippen LogP contribution in [0.1, 0.15) is 48.1 Å². The molecule has 0 atom stereocenters. The Morgan fingerprint density at radius 3 is 2.56 bits per heavy atom. The summed E-state index contributed by atoms with van der Waals surface area (Å²) in [5, 5.41) is 11.9. The Morgan fingerprint density at radius 2 is 2.00 bits per heavy atom. The van der Waals surface area contributed by atoms with Crippen LogP contribution in [0.5, 0.6) is 0 Å². The van der Waals surface area contributed by atoms with E-state index in [-0.39, 0.29) is 5.91 Å². The lowest BCUT2D eigenvalue weighted by Gasteiger charge is -2.20. The molecule has 0 unspecified atom stereocenters. The number of pyridine rings is 1. The molecule has 3 N–H and O–H groups in total. The number of hydrogen-bond acceptors (Lipinski definition) is 5. The lowest BCUT2D eigenvalue weighted by atomic mass is 10.1. The molecule has 0 bridgehead atoms. The van der Waals surface area contributed by atoms with Crippen molar-refractivity contribution >= 4 is 17.8 Å². The van der Waals surface area contributed by atoms with Crippen LogP contribution >= 0.6 is 0 Å². The number of nitrogens with one attached hydrogen (secondary N) is 3. The molecule has 2 heterocycles. The van der Waals surface area contributed by atoms with Crippen LogP contribution < -0.4 is 10.6 Å². The van der Waals surface area contributed by atoms with Crippen molar-refractivity contribution in [3.8, 4) is 0 Å². The standard InChI is InChI=1S/C17H23N5O3/c1-10-8-14(21-16(24)25-17(3,4)5)20-11(2)12(10)9-18-15(23)13-6-7-19-22-13/h6-8H,9H2,1-5H3,(H,18,23)(H,19,22)(H,20,21,24). The fourth-order valence-corrected chi connectivity index (χ4v) is 2.24. The number of ether oxygens (including phenoxy) is 1. The van der Waals surface area contributed by atoms with Gasteiger partial charge in [0, 0.05) is 18.4 Å². The second-order valence-corrected chi connectivity index (χ2v) is 6.66. The normalized spacial score (nSPS) is 11.1. The van der Waals surface area contributed by atoms with E-state index in [1.165, 1.54) is 0 Å². The number of anilines is 1. The van der Waals surface area contributed by atoms with E-state index in [9.17, 15) is 9.59 Å². The summed E-state index contributed by atoms with van der Waals surface area (Å²) < 4.78 is 5.21. The highest BCUT2D eigenvalue weighted by atomic mass is 16.6. The van der Waals surface area contributed by atoms with Gasteiger partial charge in [0.1, 0.15) is 17.1 Å². The lowest BCUT2D eigenvalue weighted by Crippen LogP contribution is -2.28. The van der Waals surface area contributed by atoms with Crippen molar-refractivity contribution in [3.63, 3.8) is 0 Å². The molecule has 0 fully saturated rings. The molecule has 0 spiro atoms. The molecule has 2 aromatic rings. The summed E-state index contributed by atoms with van der Waals surface area (Å²) in [6.45, 7) is 9.42. The van der Waals surface area contributed by atoms with Crippen LogP contribution in [0.25, 0.3) is 0 Å². The molecule has 0 aromatic carbocycles. The first-order chi connectivity index (χ1) is 11.7. The van der Waals surface area contributed by atoms with Crippen LogP contribution in [0.4, 0.5) is 10.6 Å². The van der Waals surface area contributed by atoms with Gasteiger partial charge in [-0.25, -0.2) is 9.78 Å². The maximum absolute atomic E-state index is 12.0. The number of aromatic nitrogens is 3. The van der Waals surface area contributed by atoms with E-state index in [1.807, 2.05) is 13.8 Å². The minimum absolute atomic E-state index is 0.268. The van der Waals surface area contributed by atoms with Gasteiger partial charge in [0.25, 0.3) is 5.91 Å². The minimum Gasteiger partial charge on any atom is -0.444 e. The van der Waals surface area contributed by atoms with Gasteiger partial charge in [-0.15, -0.1) is 0 Å². The summed E-state index contributed by atoms with van der Waals surface area (Å²) in [7, 11) is 0. The van der Waals surface area contributed by atoms with E-state index in [0.717, 1.165) is 11.1 Å². The number of carbonyl (C=O) groups is 2. The summed E-state index contributed by atoms with van der Waals surface area (Å²) in [5.41, 5.74) is 2.25. The Hall–Kier alpha value is -2.90. The number of aromatic amines is 1. The Kier molecular flexibility index (Phi) is 5.41. The Labute approximate surface area is 146 Å². The maximum atomic E-state index is 12.0. The zero-order valence-electron chi connectivity index (χ0n) is 15.1. The molecule has 8 nitrogen and oxygen atoms in total. The fourth-order valence-electron chi connectivity index (χ4n) is 2.24. The van der Waals surface area contributed by atoms with E-state index >= 15 is 0 Å². The largest absolute Gasteiger partial charge is 0.444 e. The average Bonchev–Trinajstić information content (AvgIpc) is 2.98. The summed E-state index contributed by atoms with van der Waals surface area (Å²) in [5.74, 6) is 0.141. The highest BCUT2D eigenvalue weighted by Gasteiger charge is 2.17. The fraction of sp³-hybridized carbons (Fsp3) is 0.412. The monoisotopic (exact) mass is 345 g/mol. The smallest absolute Gasteiger partial charge is 0.413 e. The summed E-state index contributed by atoms with van der Waals surface area (Å²) in [6.07, 6.45) is 1.03. The molecular formula is C17H23N5O3. The van der Waals surface area contributed by atoms with Crippen molar-refractivity contribution in [1.82, 2.24) is 20.5 Å². The van der Waals surface area contributed by atoms with Crippen molar-refractivity contribution in [2.75, 3.05) is 5.32 Å². The van der Waals surface area contributed by atoms with Crippen LogP contribution in [-0.2, 0) is 11.3 Å². The topological polar surface area (TPSA) is 109 Å². The van der Waals surface area contributed by atoms with Gasteiger partial charge >= 0.3 is 6.09 Å². The van der Waals surface area contributed by atoms with E-state index in [4.69, 9.17) is 4.74 Å². The Bertz CT molecular complexity index is 740. The third kappa shape index (κ3) is 5.30. The van der Waals surface area contributed by atoms with Crippen molar-refractivity contribution in [2.24, 2.45) is 0 Å². The molecule has 2 rings (SSSR count). The molecule has 2 amide bonds. The number of rotatable bonds is 4. The van der Waals surface area contributed by atoms with Crippen molar-refractivity contribution in [3.05, 3.63) is 40.8 Å². The number of carbonyl (C=O) groups excluding carboxylic acids is 2. The second-order valence-electron chi connectivity index (χ2n) is 6.66. The predicted octanol–water partition coefficient (Wildman–Crippen LogP) is 2.70. The molecule has 0 aliphatic carbocycles. The van der Waals surface area contributed by atoms with E-state index in [2.05, 4.69) is 25.8 Å². The number of nitrogens with zero attached hydrogens (tertiary/aromatic N) is 2. The van der Waals surface area contributed by atoms with Crippen LogP contribution in [-0.4, -0.2) is 32.8 Å². The van der Waals surface area contributed by atoms with Crippen molar-refractivity contribution < 1.29 is 14.3 Å². The summed E-state index contributed by atoms with van der Waals surface area (Å²) in [6, 6.07) is 3.34. The van der Waals surface area contributed by atoms with Gasteiger partial charge in [-0.2, -0.15) is 5.10 Å². The molecule has 2 aromatic heterocycles. The molecule has 0 radical (unpaired) electrons. The first-order valence-corrected chi connectivity index (χ1v) is 7.91. The molecule has 0 aliphatic heterocycles. The van der Waals surface area contributed by atoms with Gasteiger partial charge in [0.2, 0.25) is 0 Å². The maximum Gasteiger partial charge on any atom is 0.413 e. The van der Waals surface area contributed by atoms with Crippen LogP contribution in [0, 0.1) is 13.8 Å². The van der Waals surface area contributed by atoms with E-state index in [0.29, 0.717) is 23.8 Å². The molecule has 0 aliphatic rings. The number of H-pyrrole nitrogens is 1. The van der Waals surface area contributed by atoms with Gasteiger partial charge in [-0.1, -0.05) is 0 Å². The number of hydrogen-bond donors (Lipinski definition) is 3. The first kappa shape index (κ1) is 18.4. The number of amides is 2. The van der Waals surface area contributed by atoms with Crippen LogP contribution in [0.15, 0.2) is 18.3 Å². The molecular weight excluding hydrogens is 322 g/mol. The van der Waals surface area contributed by atoms with Gasteiger partial charge in [-0.05, 0) is 57.9 Å². The SMILES string of the molecule is Cc1cc(NC(=O)OC(C)(C)C)nc(C)c1CNC(=O)c1cc[nH]n1. The zero-order valence-corrected chi connectivity index (χ0v) is 15.1. The van der Waals surface area contributed by atoms with Crippen LogP contribution in [0.3, 0.4) is 0 Å². The molecule has 25 heavy (non-hydrogen) atoms. The highest BCUT2D eigenvalue weighted by molar-refractivity contribution is 5.92. The predicted molar refractivity (Wildman–Crippen MR) is 93.3 cm³/mol. The zero-order chi connectivity index (χ0) is 18.6. The van der Waals surface area contributed by atoms with Gasteiger partial charge in [0.05, 0.1) is 0 Å². The quantitative estimate of drug-likeness (QED) is 0.789. The Morgan fingerprint density at radius 1 is 1.28 bits per heavy atom. The highest BCUT2D eigenvalue weighted by Crippen LogP contribution is 2.17. The van der Waals surface area contributed by atoms with E-state index in [1.54, 1.807) is 39.1 Å². The van der Waals surface area contributed by atoms with Gasteiger partial charge in [0.15, 0.2) is 0 Å². The minimum atomic E-state index is -0.579. The third-order valence-electron chi connectivity index (χ3n) is 3.34. The Balaban J connectivity index is 2.04. The lowest BCUT2D eigenvalue weighted by molar-refractivity contribution is 0.0635. The molecule has 0 saturated heterocycles. The van der Waals surface area contributed by atoms with Gasteiger partial charge < -0.3 is 10.1 Å². The summed E-state index contributed by atoms with van der Waals surface area (Å²) >= 11 is 0. The van der Waals surface area contributed by atoms with Crippen molar-refractivity contribution in [2.45, 2.75) is 46.8 Å². The van der Waals surface area contributed by atoms with E-state index < -0.39 is 11.7 Å². The molecule has 8 heteroatoms. The van der Waals surface area contributed by atoms with Crippen molar-refractivity contribution in [1.29, 1.82) is 0 Å². The first-order valence-electron chi connectivity index (χ1n) is 7.91. The summed E-state index contributed by atoms with van der Waals surface area (Å²) in [4.78, 5) is 28.2. The van der Waals surface area contributed by atoms with Crippen LogP contribution in [0.2, 0.25) is 0 Å². The molecule has 0 saturated carbocycles. The van der Waals surface area contributed by atoms with Gasteiger partial charge in [-0.3, -0.25) is 15.2 Å².